The van der Waals surface area contributed by atoms with Crippen LogP contribution >= 0.6 is 11.8 Å². The lowest BCUT2D eigenvalue weighted by Crippen LogP contribution is -2.08. The van der Waals surface area contributed by atoms with Gasteiger partial charge in [0.25, 0.3) is 0 Å². The normalized spacial score (nSPS) is 12.5. The van der Waals surface area contributed by atoms with E-state index in [0.29, 0.717) is 34.3 Å². The van der Waals surface area contributed by atoms with Crippen molar-refractivity contribution in [3.63, 3.8) is 0 Å². The zero-order valence-electron chi connectivity index (χ0n) is 22.0. The Bertz CT molecular complexity index is 1160. The van der Waals surface area contributed by atoms with Crippen LogP contribution in [0, 0.1) is 12.7 Å². The number of nitrogens with two attached hydrogens (primary N) is 2. The van der Waals surface area contributed by atoms with Crippen molar-refractivity contribution in [3.8, 4) is 0 Å². The van der Waals surface area contributed by atoms with Gasteiger partial charge in [0, 0.05) is 17.0 Å². The molecule has 3 aromatic rings. The molecule has 0 saturated heterocycles. The third kappa shape index (κ3) is 10.7. The molecule has 0 aliphatic carbocycles. The van der Waals surface area contributed by atoms with Gasteiger partial charge in [0.1, 0.15) is 5.82 Å². The van der Waals surface area contributed by atoms with E-state index in [4.69, 9.17) is 20.9 Å². The number of allylic oxidation sites excluding steroid dienone is 2. The Morgan fingerprint density at radius 3 is 2.38 bits per heavy atom. The fourth-order valence-corrected chi connectivity index (χ4v) is 4.04. The monoisotopic (exact) mass is 524 g/mol. The Balaban J connectivity index is 0.00000153. The second-order valence-electron chi connectivity index (χ2n) is 8.22. The summed E-state index contributed by atoms with van der Waals surface area (Å²) in [6.07, 6.45) is 4.99. The topological polar surface area (TPSA) is 96.3 Å². The first-order chi connectivity index (χ1) is 17.9. The Morgan fingerprint density at radius 1 is 1.03 bits per heavy atom. The van der Waals surface area contributed by atoms with Crippen molar-refractivity contribution in [2.45, 2.75) is 51.5 Å². The van der Waals surface area contributed by atoms with Crippen LogP contribution in [0.5, 0.6) is 0 Å². The van der Waals surface area contributed by atoms with E-state index in [2.05, 4.69) is 23.8 Å². The maximum atomic E-state index is 14.0. The minimum absolute atomic E-state index is 0.190. The van der Waals surface area contributed by atoms with Crippen LogP contribution in [0.3, 0.4) is 0 Å². The lowest BCUT2D eigenvalue weighted by atomic mass is 10.1. The van der Waals surface area contributed by atoms with E-state index < -0.39 is 0 Å². The molecule has 0 amide bonds. The third-order valence-electron chi connectivity index (χ3n) is 4.97. The maximum absolute atomic E-state index is 14.0. The molecule has 0 fully saturated rings. The average Bonchev–Trinajstić information content (AvgIpc) is 2.90. The molecule has 0 radical (unpaired) electrons. The second-order valence-corrected chi connectivity index (χ2v) is 9.28. The molecule has 1 aromatic heterocycles. The number of hydrogen-bond acceptors (Lipinski definition) is 7. The lowest BCUT2D eigenvalue weighted by molar-refractivity contribution is 0.0364. The standard InChI is InChI=1S/C26H29FN4O2S.C3H8/c1-18-16-23(22(28)12-13-25(29)32-2)31-26(30-18)34-15-14-24(19-8-4-3-5-9-19)33-17-20-10-6-7-11-21(20)27;1-3-2/h3-13,16,24H,14-15,17,28-29H2,1-2H3;3H2,1-2H3/b22-12-,25-13+;. The summed E-state index contributed by atoms with van der Waals surface area (Å²) in [5, 5.41) is 0.621. The van der Waals surface area contributed by atoms with Crippen molar-refractivity contribution < 1.29 is 13.9 Å². The number of aryl methyl sites for hydroxylation is 1. The van der Waals surface area contributed by atoms with Crippen LogP contribution in [0.4, 0.5) is 4.39 Å². The Labute approximate surface area is 224 Å². The first-order valence-corrected chi connectivity index (χ1v) is 13.2. The van der Waals surface area contributed by atoms with Crippen molar-refractivity contribution in [1.29, 1.82) is 0 Å². The van der Waals surface area contributed by atoms with Gasteiger partial charge in [-0.25, -0.2) is 14.4 Å². The highest BCUT2D eigenvalue weighted by Crippen LogP contribution is 2.27. The van der Waals surface area contributed by atoms with Crippen LogP contribution in [0.2, 0.25) is 0 Å². The molecule has 37 heavy (non-hydrogen) atoms. The molecule has 0 aliphatic rings. The molecular formula is C29H37FN4O2S. The van der Waals surface area contributed by atoms with Gasteiger partial charge in [0.15, 0.2) is 11.0 Å². The molecule has 1 atom stereocenters. The highest BCUT2D eigenvalue weighted by Gasteiger charge is 2.14. The van der Waals surface area contributed by atoms with Crippen LogP contribution < -0.4 is 11.5 Å². The smallest absolute Gasteiger partial charge is 0.188 e. The first-order valence-electron chi connectivity index (χ1n) is 12.2. The number of hydrogen-bond donors (Lipinski definition) is 2. The van der Waals surface area contributed by atoms with Crippen LogP contribution in [0.15, 0.2) is 83.9 Å². The van der Waals surface area contributed by atoms with Gasteiger partial charge >= 0.3 is 0 Å². The summed E-state index contributed by atoms with van der Waals surface area (Å²) in [5.74, 6) is 0.697. The molecule has 6 nitrogen and oxygen atoms in total. The summed E-state index contributed by atoms with van der Waals surface area (Å²) in [7, 11) is 1.49. The fraction of sp³-hybridized carbons (Fsp3) is 0.310. The van der Waals surface area contributed by atoms with E-state index >= 15 is 0 Å². The quantitative estimate of drug-likeness (QED) is 0.127. The average molecular weight is 525 g/mol. The van der Waals surface area contributed by atoms with Gasteiger partial charge < -0.3 is 20.9 Å². The van der Waals surface area contributed by atoms with Gasteiger partial charge in [0.05, 0.1) is 31.2 Å². The summed E-state index contributed by atoms with van der Waals surface area (Å²) >= 11 is 1.52. The Morgan fingerprint density at radius 2 is 1.70 bits per heavy atom. The van der Waals surface area contributed by atoms with Gasteiger partial charge in [-0.3, -0.25) is 0 Å². The number of nitrogens with zero attached hydrogens (tertiary/aromatic N) is 2. The van der Waals surface area contributed by atoms with Crippen molar-refractivity contribution in [2.75, 3.05) is 12.9 Å². The number of thioether (sulfide) groups is 1. The molecule has 3 rings (SSSR count). The van der Waals surface area contributed by atoms with Gasteiger partial charge in [-0.2, -0.15) is 0 Å². The Kier molecular flexibility index (Phi) is 13.2. The summed E-state index contributed by atoms with van der Waals surface area (Å²) in [6, 6.07) is 18.4. The summed E-state index contributed by atoms with van der Waals surface area (Å²) in [5.41, 5.74) is 15.3. The number of halogens is 1. The molecule has 0 saturated carbocycles. The van der Waals surface area contributed by atoms with E-state index in [1.165, 1.54) is 31.4 Å². The van der Waals surface area contributed by atoms with E-state index in [9.17, 15) is 4.39 Å². The van der Waals surface area contributed by atoms with Crippen LogP contribution in [0.1, 0.15) is 55.3 Å². The minimum Gasteiger partial charge on any atom is -0.483 e. The number of benzene rings is 2. The second kappa shape index (κ2) is 16.4. The Hall–Kier alpha value is -3.36. The highest BCUT2D eigenvalue weighted by atomic mass is 32.2. The molecular weight excluding hydrogens is 487 g/mol. The van der Waals surface area contributed by atoms with Crippen LogP contribution in [-0.2, 0) is 16.1 Å². The van der Waals surface area contributed by atoms with Crippen molar-refractivity contribution in [1.82, 2.24) is 9.97 Å². The van der Waals surface area contributed by atoms with E-state index in [0.717, 1.165) is 11.3 Å². The molecule has 1 unspecified atom stereocenters. The molecule has 4 N–H and O–H groups in total. The molecule has 0 spiro atoms. The van der Waals surface area contributed by atoms with Crippen LogP contribution in [0.25, 0.3) is 5.70 Å². The summed E-state index contributed by atoms with van der Waals surface area (Å²) in [6.45, 7) is 6.34. The van der Waals surface area contributed by atoms with Gasteiger partial charge in [-0.1, -0.05) is 80.6 Å². The molecule has 1 heterocycles. The number of aromatic nitrogens is 2. The molecule has 2 aromatic carbocycles. The van der Waals surface area contributed by atoms with Crippen molar-refractivity contribution >= 4 is 17.5 Å². The molecule has 0 bridgehead atoms. The zero-order chi connectivity index (χ0) is 27.0. The highest BCUT2D eigenvalue weighted by molar-refractivity contribution is 7.99. The molecule has 198 valence electrons. The molecule has 0 aliphatic heterocycles. The van der Waals surface area contributed by atoms with E-state index in [1.54, 1.807) is 30.4 Å². The maximum Gasteiger partial charge on any atom is 0.188 e. The van der Waals surface area contributed by atoms with Crippen molar-refractivity contribution in [2.24, 2.45) is 11.5 Å². The van der Waals surface area contributed by atoms with E-state index in [1.807, 2.05) is 43.3 Å². The predicted molar refractivity (Wildman–Crippen MR) is 150 cm³/mol. The largest absolute Gasteiger partial charge is 0.483 e. The third-order valence-corrected chi connectivity index (χ3v) is 5.85. The number of rotatable bonds is 11. The fourth-order valence-electron chi connectivity index (χ4n) is 3.16. The summed E-state index contributed by atoms with van der Waals surface area (Å²) < 4.78 is 25.1. The molecule has 8 heteroatoms. The summed E-state index contributed by atoms with van der Waals surface area (Å²) in [4.78, 5) is 9.09. The first kappa shape index (κ1) is 29.9. The van der Waals surface area contributed by atoms with Gasteiger partial charge in [-0.15, -0.1) is 0 Å². The van der Waals surface area contributed by atoms with Gasteiger partial charge in [-0.05, 0) is 43.2 Å². The van der Waals surface area contributed by atoms with Gasteiger partial charge in [0.2, 0.25) is 0 Å². The number of methoxy groups -OCH3 is 1. The zero-order valence-corrected chi connectivity index (χ0v) is 22.8. The predicted octanol–water partition coefficient (Wildman–Crippen LogP) is 6.53. The minimum atomic E-state index is -0.267. The SMILES string of the molecule is CCC.CO/C(N)=C/C=C(\N)c1cc(C)nc(SCCC(OCc2ccccc2F)c2ccccc2)n1. The van der Waals surface area contributed by atoms with Crippen LogP contribution in [-0.4, -0.2) is 22.8 Å². The lowest BCUT2D eigenvalue weighted by Gasteiger charge is -2.18. The van der Waals surface area contributed by atoms with Crippen molar-refractivity contribution in [3.05, 3.63) is 107 Å². The van der Waals surface area contributed by atoms with E-state index in [-0.39, 0.29) is 24.4 Å². The number of ether oxygens (including phenoxy) is 2.